The molecule has 198 valence electrons. The van der Waals surface area contributed by atoms with E-state index in [0.29, 0.717) is 17.6 Å². The monoisotopic (exact) mass is 513 g/mol. The lowest BCUT2D eigenvalue weighted by Gasteiger charge is -2.24. The number of aromatic nitrogens is 2. The average molecular weight is 514 g/mol. The van der Waals surface area contributed by atoms with Gasteiger partial charge in [-0.2, -0.15) is 5.10 Å². The van der Waals surface area contributed by atoms with Crippen LogP contribution in [0, 0.1) is 17.6 Å². The van der Waals surface area contributed by atoms with Crippen molar-refractivity contribution in [3.63, 3.8) is 0 Å². The zero-order valence-corrected chi connectivity index (χ0v) is 21.9. The van der Waals surface area contributed by atoms with Crippen molar-refractivity contribution in [3.8, 4) is 11.4 Å². The molecule has 10 heteroatoms. The highest BCUT2D eigenvalue weighted by atomic mass is 19.1. The first-order valence-electron chi connectivity index (χ1n) is 11.9. The molecule has 0 aliphatic carbocycles. The van der Waals surface area contributed by atoms with Crippen LogP contribution in [0.2, 0.25) is 0 Å². The first-order valence-corrected chi connectivity index (χ1v) is 11.9. The predicted octanol–water partition coefficient (Wildman–Crippen LogP) is 5.59. The van der Waals surface area contributed by atoms with Gasteiger partial charge in [-0.05, 0) is 42.3 Å². The molecule has 0 radical (unpaired) electrons. The second-order valence-corrected chi connectivity index (χ2v) is 10.2. The van der Waals surface area contributed by atoms with E-state index in [1.807, 2.05) is 46.8 Å². The van der Waals surface area contributed by atoms with Crippen molar-refractivity contribution in [3.05, 3.63) is 65.9 Å². The van der Waals surface area contributed by atoms with E-state index in [0.717, 1.165) is 23.5 Å². The van der Waals surface area contributed by atoms with Crippen LogP contribution in [0.25, 0.3) is 5.69 Å². The number of hydrogen-bond acceptors (Lipinski definition) is 4. The van der Waals surface area contributed by atoms with Crippen LogP contribution in [0.5, 0.6) is 5.75 Å². The van der Waals surface area contributed by atoms with E-state index < -0.39 is 23.6 Å². The molecule has 0 aliphatic heterocycles. The van der Waals surface area contributed by atoms with Crippen LogP contribution in [-0.4, -0.2) is 46.8 Å². The molecular weight excluding hydrogens is 480 g/mol. The third-order valence-electron chi connectivity index (χ3n) is 5.44. The van der Waals surface area contributed by atoms with Crippen LogP contribution >= 0.6 is 0 Å². The van der Waals surface area contributed by atoms with E-state index in [1.165, 1.54) is 4.90 Å². The molecule has 3 amide bonds. The number of ether oxygens (including phenoxy) is 1. The Bertz CT molecular complexity index is 1250. The molecule has 0 spiro atoms. The lowest BCUT2D eigenvalue weighted by atomic mass is 9.92. The fraction of sp³-hybridized carbons (Fsp3) is 0.370. The van der Waals surface area contributed by atoms with E-state index in [9.17, 15) is 18.4 Å². The summed E-state index contributed by atoms with van der Waals surface area (Å²) in [7, 11) is 1.58. The van der Waals surface area contributed by atoms with Gasteiger partial charge in [-0.3, -0.25) is 4.79 Å². The first-order chi connectivity index (χ1) is 17.4. The molecule has 0 unspecified atom stereocenters. The number of halogens is 2. The maximum Gasteiger partial charge on any atom is 0.322 e. The number of nitrogens with one attached hydrogen (secondary N) is 2. The fourth-order valence-corrected chi connectivity index (χ4v) is 3.56. The Labute approximate surface area is 215 Å². The van der Waals surface area contributed by atoms with Crippen molar-refractivity contribution < 1.29 is 23.1 Å². The van der Waals surface area contributed by atoms with Gasteiger partial charge in [0.2, 0.25) is 5.91 Å². The summed E-state index contributed by atoms with van der Waals surface area (Å²) >= 11 is 0. The quantitative estimate of drug-likeness (QED) is 0.411. The first kappa shape index (κ1) is 27.6. The number of hydrogen-bond donors (Lipinski definition) is 2. The zero-order valence-electron chi connectivity index (χ0n) is 21.9. The number of carbonyl (C=O) groups is 2. The van der Waals surface area contributed by atoms with Gasteiger partial charge in [0.05, 0.1) is 24.2 Å². The van der Waals surface area contributed by atoms with Gasteiger partial charge < -0.3 is 20.3 Å². The van der Waals surface area contributed by atoms with E-state index in [2.05, 4.69) is 10.6 Å². The van der Waals surface area contributed by atoms with Gasteiger partial charge in [-0.15, -0.1) is 0 Å². The van der Waals surface area contributed by atoms with Crippen molar-refractivity contribution in [1.29, 1.82) is 0 Å². The minimum atomic E-state index is -0.902. The van der Waals surface area contributed by atoms with Crippen LogP contribution < -0.4 is 15.4 Å². The highest BCUT2D eigenvalue weighted by Crippen LogP contribution is 2.27. The topological polar surface area (TPSA) is 88.5 Å². The molecule has 0 saturated carbocycles. The number of nitrogens with zero attached hydrogens (tertiary/aromatic N) is 3. The van der Waals surface area contributed by atoms with Crippen molar-refractivity contribution in [2.75, 3.05) is 30.8 Å². The van der Waals surface area contributed by atoms with E-state index >= 15 is 0 Å². The normalized spacial score (nSPS) is 11.4. The zero-order chi connectivity index (χ0) is 27.3. The van der Waals surface area contributed by atoms with Crippen LogP contribution in [0.15, 0.2) is 48.5 Å². The summed E-state index contributed by atoms with van der Waals surface area (Å²) in [5.41, 5.74) is 1.03. The summed E-state index contributed by atoms with van der Waals surface area (Å²) in [6.45, 7) is 9.79. The Morgan fingerprint density at radius 2 is 1.73 bits per heavy atom. The maximum absolute atomic E-state index is 14.1. The minimum Gasteiger partial charge on any atom is -0.497 e. The lowest BCUT2D eigenvalue weighted by molar-refractivity contribution is -0.116. The summed E-state index contributed by atoms with van der Waals surface area (Å²) in [4.78, 5) is 27.3. The second-order valence-electron chi connectivity index (χ2n) is 10.2. The highest BCUT2D eigenvalue weighted by molar-refractivity contribution is 5.96. The summed E-state index contributed by atoms with van der Waals surface area (Å²) in [5, 5.41) is 9.97. The van der Waals surface area contributed by atoms with Gasteiger partial charge in [-0.25, -0.2) is 18.3 Å². The Morgan fingerprint density at radius 3 is 2.30 bits per heavy atom. The van der Waals surface area contributed by atoms with Gasteiger partial charge in [0, 0.05) is 24.1 Å². The van der Waals surface area contributed by atoms with E-state index in [1.54, 1.807) is 30.0 Å². The Balaban J connectivity index is 1.83. The maximum atomic E-state index is 14.1. The molecule has 3 rings (SSSR count). The third-order valence-corrected chi connectivity index (χ3v) is 5.44. The number of carbonyl (C=O) groups excluding carboxylic acids is 2. The molecule has 8 nitrogen and oxygen atoms in total. The van der Waals surface area contributed by atoms with Gasteiger partial charge in [0.25, 0.3) is 0 Å². The number of urea groups is 1. The molecule has 0 fully saturated rings. The van der Waals surface area contributed by atoms with Gasteiger partial charge >= 0.3 is 6.03 Å². The molecule has 3 aromatic rings. The van der Waals surface area contributed by atoms with E-state index in [4.69, 9.17) is 9.84 Å². The van der Waals surface area contributed by atoms with Crippen molar-refractivity contribution in [2.24, 2.45) is 5.92 Å². The van der Waals surface area contributed by atoms with Gasteiger partial charge in [0.1, 0.15) is 29.7 Å². The summed E-state index contributed by atoms with van der Waals surface area (Å²) < 4.78 is 34.2. The number of amides is 3. The molecule has 1 aromatic heterocycles. The summed E-state index contributed by atoms with van der Waals surface area (Å²) in [6, 6.07) is 11.2. The van der Waals surface area contributed by atoms with Crippen molar-refractivity contribution in [1.82, 2.24) is 14.7 Å². The Hall–Kier alpha value is -3.95. The Kier molecular flexibility index (Phi) is 8.52. The molecule has 0 saturated heterocycles. The molecular formula is C27H33F2N5O3. The number of benzene rings is 2. The molecule has 0 aliphatic rings. The largest absolute Gasteiger partial charge is 0.497 e. The number of anilines is 2. The van der Waals surface area contributed by atoms with E-state index in [-0.39, 0.29) is 30.1 Å². The van der Waals surface area contributed by atoms with Gasteiger partial charge in [0.15, 0.2) is 0 Å². The molecule has 1 heterocycles. The summed E-state index contributed by atoms with van der Waals surface area (Å²) in [5.74, 6) is -0.947. The van der Waals surface area contributed by atoms with Crippen LogP contribution in [0.4, 0.5) is 25.1 Å². The average Bonchev–Trinajstić information content (AvgIpc) is 3.24. The fourth-order valence-electron chi connectivity index (χ4n) is 3.56. The van der Waals surface area contributed by atoms with Crippen molar-refractivity contribution >= 4 is 23.4 Å². The Morgan fingerprint density at radius 1 is 1.05 bits per heavy atom. The number of rotatable bonds is 8. The summed E-state index contributed by atoms with van der Waals surface area (Å²) in [6.07, 6.45) is 0. The minimum absolute atomic E-state index is 0.0361. The SMILES string of the molecule is COc1ccc(-n2nc(C(C)(C)C)cc2NC(=O)CN(CC(C)C)C(=O)Nc2ccc(F)cc2F)cc1. The molecule has 37 heavy (non-hydrogen) atoms. The second kappa shape index (κ2) is 11.4. The standard InChI is InChI=1S/C27H33F2N5O3/c1-17(2)15-33(26(36)30-22-12-7-18(28)13-21(22)29)16-25(35)31-24-14-23(27(3,4)5)32-34(24)19-8-10-20(37-6)11-9-19/h7-14,17H,15-16H2,1-6H3,(H,30,36)(H,31,35). The van der Waals surface area contributed by atoms with Gasteiger partial charge in [-0.1, -0.05) is 34.6 Å². The van der Waals surface area contributed by atoms with Crippen molar-refractivity contribution in [2.45, 2.75) is 40.0 Å². The smallest absolute Gasteiger partial charge is 0.322 e. The third kappa shape index (κ3) is 7.28. The lowest BCUT2D eigenvalue weighted by Crippen LogP contribution is -2.42. The van der Waals surface area contributed by atoms with Crippen LogP contribution in [0.3, 0.4) is 0 Å². The molecule has 0 atom stereocenters. The molecule has 0 bridgehead atoms. The molecule has 2 aromatic carbocycles. The predicted molar refractivity (Wildman–Crippen MR) is 139 cm³/mol. The highest BCUT2D eigenvalue weighted by Gasteiger charge is 2.24. The molecule has 2 N–H and O–H groups in total. The van der Waals surface area contributed by atoms with Crippen LogP contribution in [-0.2, 0) is 10.2 Å². The van der Waals surface area contributed by atoms with Crippen LogP contribution in [0.1, 0.15) is 40.3 Å². The number of methoxy groups -OCH3 is 1.